The standard InChI is InChI=1S/C45H32BN3O/c1-45(2)48(31-17-7-4-8-18-31)37-24-14-22-35-43(37)49(45)40-28-30(29-15-5-3-6-16-29)27-39-42(40)46(35)34-21-10-11-23-36(34)47(39)38-25-13-20-33-32-19-9-12-26-41(32)50-44(33)38/h3-28H,1-2H3. The molecule has 236 valence electrons. The second kappa shape index (κ2) is 9.93. The average molecular weight is 642 g/mol. The maximum Gasteiger partial charge on any atom is 0.252 e. The van der Waals surface area contributed by atoms with Crippen molar-refractivity contribution in [3.05, 3.63) is 158 Å². The molecule has 0 radical (unpaired) electrons. The maximum absolute atomic E-state index is 6.72. The van der Waals surface area contributed by atoms with Crippen LogP contribution in [0.5, 0.6) is 0 Å². The molecule has 3 aliphatic rings. The Morgan fingerprint density at radius 3 is 2.00 bits per heavy atom. The summed E-state index contributed by atoms with van der Waals surface area (Å²) in [6.07, 6.45) is 0. The summed E-state index contributed by atoms with van der Waals surface area (Å²) in [5.41, 5.74) is 16.1. The van der Waals surface area contributed by atoms with Gasteiger partial charge >= 0.3 is 0 Å². The van der Waals surface area contributed by atoms with E-state index in [1.54, 1.807) is 0 Å². The third-order valence-electron chi connectivity index (χ3n) is 11.1. The minimum absolute atomic E-state index is 0.0601. The fourth-order valence-electron chi connectivity index (χ4n) is 9.12. The summed E-state index contributed by atoms with van der Waals surface area (Å²) in [5.74, 6) is 0. The molecule has 0 bridgehead atoms. The van der Waals surface area contributed by atoms with E-state index < -0.39 is 5.66 Å². The number of fused-ring (bicyclic) bond motifs is 7. The van der Waals surface area contributed by atoms with Gasteiger partial charge < -0.3 is 19.1 Å². The Morgan fingerprint density at radius 1 is 0.500 bits per heavy atom. The topological polar surface area (TPSA) is 22.9 Å². The average Bonchev–Trinajstić information content (AvgIpc) is 3.66. The summed E-state index contributed by atoms with van der Waals surface area (Å²) in [4.78, 5) is 7.60. The van der Waals surface area contributed by atoms with Crippen LogP contribution >= 0.6 is 0 Å². The molecular weight excluding hydrogens is 609 g/mol. The molecule has 4 nitrogen and oxygen atoms in total. The van der Waals surface area contributed by atoms with Crippen molar-refractivity contribution in [3.63, 3.8) is 0 Å². The van der Waals surface area contributed by atoms with Gasteiger partial charge in [0.25, 0.3) is 6.71 Å². The van der Waals surface area contributed by atoms with Crippen molar-refractivity contribution in [2.75, 3.05) is 14.7 Å². The van der Waals surface area contributed by atoms with Crippen LogP contribution in [-0.4, -0.2) is 12.4 Å². The first-order chi connectivity index (χ1) is 24.6. The van der Waals surface area contributed by atoms with Crippen molar-refractivity contribution >= 4 is 84.9 Å². The fraction of sp³-hybridized carbons (Fsp3) is 0.0667. The maximum atomic E-state index is 6.72. The van der Waals surface area contributed by atoms with E-state index in [9.17, 15) is 0 Å². The Bertz CT molecular complexity index is 2660. The smallest absolute Gasteiger partial charge is 0.252 e. The van der Waals surface area contributed by atoms with Crippen LogP contribution in [0.3, 0.4) is 0 Å². The van der Waals surface area contributed by atoms with E-state index in [1.807, 2.05) is 6.07 Å². The molecule has 8 aromatic rings. The molecule has 11 rings (SSSR count). The van der Waals surface area contributed by atoms with E-state index in [-0.39, 0.29) is 6.71 Å². The summed E-state index contributed by atoms with van der Waals surface area (Å²) in [6, 6.07) is 57.3. The van der Waals surface area contributed by atoms with Gasteiger partial charge in [-0.1, -0.05) is 109 Å². The molecule has 0 aliphatic carbocycles. The van der Waals surface area contributed by atoms with Crippen molar-refractivity contribution < 1.29 is 4.42 Å². The van der Waals surface area contributed by atoms with Crippen molar-refractivity contribution in [2.45, 2.75) is 19.5 Å². The largest absolute Gasteiger partial charge is 0.454 e. The lowest BCUT2D eigenvalue weighted by Gasteiger charge is -2.47. The van der Waals surface area contributed by atoms with Gasteiger partial charge in [0.05, 0.1) is 17.1 Å². The zero-order valence-corrected chi connectivity index (χ0v) is 27.8. The first kappa shape index (κ1) is 27.7. The molecular formula is C45H32BN3O. The third kappa shape index (κ3) is 3.56. The summed E-state index contributed by atoms with van der Waals surface area (Å²) < 4.78 is 6.72. The fourth-order valence-corrected chi connectivity index (χ4v) is 9.12. The molecule has 5 heteroatoms. The third-order valence-corrected chi connectivity index (χ3v) is 11.1. The van der Waals surface area contributed by atoms with Crippen molar-refractivity contribution in [1.29, 1.82) is 0 Å². The van der Waals surface area contributed by atoms with Crippen LogP contribution in [0.4, 0.5) is 39.8 Å². The number of rotatable bonds is 3. The van der Waals surface area contributed by atoms with Crippen LogP contribution < -0.4 is 31.1 Å². The van der Waals surface area contributed by atoms with Gasteiger partial charge in [0, 0.05) is 33.5 Å². The Kier molecular flexibility index (Phi) is 5.50. The lowest BCUT2D eigenvalue weighted by Crippen LogP contribution is -2.63. The quantitative estimate of drug-likeness (QED) is 0.179. The Balaban J connectivity index is 1.26. The van der Waals surface area contributed by atoms with Gasteiger partial charge in [-0.15, -0.1) is 0 Å². The zero-order chi connectivity index (χ0) is 33.1. The van der Waals surface area contributed by atoms with Crippen LogP contribution in [0.15, 0.2) is 162 Å². The second-order valence-corrected chi connectivity index (χ2v) is 14.1. The van der Waals surface area contributed by atoms with E-state index in [4.69, 9.17) is 4.42 Å². The SMILES string of the molecule is CC1(C)N(c2ccccc2)c2cccc3c2N1c1cc(-c2ccccc2)cc2c1B3c1ccccc1N2c1cccc2c1oc1ccccc12. The Morgan fingerprint density at radius 2 is 1.14 bits per heavy atom. The number of furan rings is 1. The molecule has 0 atom stereocenters. The molecule has 50 heavy (non-hydrogen) atoms. The molecule has 3 aliphatic heterocycles. The van der Waals surface area contributed by atoms with Gasteiger partial charge in [-0.25, -0.2) is 0 Å². The Hall–Kier alpha value is -6.20. The number of nitrogens with zero attached hydrogens (tertiary/aromatic N) is 3. The minimum atomic E-state index is -0.394. The van der Waals surface area contributed by atoms with E-state index in [0.29, 0.717) is 0 Å². The lowest BCUT2D eigenvalue weighted by atomic mass is 9.33. The predicted molar refractivity (Wildman–Crippen MR) is 210 cm³/mol. The van der Waals surface area contributed by atoms with Gasteiger partial charge in [-0.05, 0) is 89.9 Å². The van der Waals surface area contributed by atoms with Gasteiger partial charge in [0.15, 0.2) is 5.58 Å². The van der Waals surface area contributed by atoms with Crippen LogP contribution in [-0.2, 0) is 0 Å². The predicted octanol–water partition coefficient (Wildman–Crippen LogP) is 9.89. The normalized spacial score (nSPS) is 15.0. The van der Waals surface area contributed by atoms with Crippen LogP contribution in [0, 0.1) is 0 Å². The van der Waals surface area contributed by atoms with Gasteiger partial charge in [0.1, 0.15) is 11.2 Å². The zero-order valence-electron chi connectivity index (χ0n) is 27.8. The number of hydrogen-bond donors (Lipinski definition) is 0. The van der Waals surface area contributed by atoms with Crippen LogP contribution in [0.25, 0.3) is 33.1 Å². The molecule has 0 spiro atoms. The summed E-state index contributed by atoms with van der Waals surface area (Å²) in [6.45, 7) is 4.77. The molecule has 0 saturated heterocycles. The summed E-state index contributed by atoms with van der Waals surface area (Å²) in [5, 5.41) is 2.26. The van der Waals surface area contributed by atoms with Crippen LogP contribution in [0.1, 0.15) is 13.8 Å². The molecule has 0 fully saturated rings. The van der Waals surface area contributed by atoms with E-state index >= 15 is 0 Å². The Labute approximate surface area is 291 Å². The number of hydrogen-bond acceptors (Lipinski definition) is 4. The molecule has 0 amide bonds. The van der Waals surface area contributed by atoms with Crippen molar-refractivity contribution in [3.8, 4) is 11.1 Å². The molecule has 4 heterocycles. The second-order valence-electron chi connectivity index (χ2n) is 14.1. The van der Waals surface area contributed by atoms with Gasteiger partial charge in [-0.2, -0.15) is 0 Å². The highest BCUT2D eigenvalue weighted by atomic mass is 16.3. The van der Waals surface area contributed by atoms with Crippen molar-refractivity contribution in [2.24, 2.45) is 0 Å². The van der Waals surface area contributed by atoms with Gasteiger partial charge in [-0.3, -0.25) is 0 Å². The molecule has 7 aromatic carbocycles. The highest BCUT2D eigenvalue weighted by Crippen LogP contribution is 2.55. The summed E-state index contributed by atoms with van der Waals surface area (Å²) >= 11 is 0. The molecule has 0 N–H and O–H groups in total. The van der Waals surface area contributed by atoms with Crippen molar-refractivity contribution in [1.82, 2.24) is 0 Å². The van der Waals surface area contributed by atoms with E-state index in [1.165, 1.54) is 61.6 Å². The highest BCUT2D eigenvalue weighted by Gasteiger charge is 2.53. The van der Waals surface area contributed by atoms with E-state index in [2.05, 4.69) is 180 Å². The number of para-hydroxylation sites is 5. The molecule has 0 unspecified atom stereocenters. The number of anilines is 7. The van der Waals surface area contributed by atoms with Crippen LogP contribution in [0.2, 0.25) is 0 Å². The highest BCUT2D eigenvalue weighted by molar-refractivity contribution is 7.00. The van der Waals surface area contributed by atoms with Gasteiger partial charge in [0.2, 0.25) is 0 Å². The number of benzene rings is 7. The first-order valence-electron chi connectivity index (χ1n) is 17.4. The minimum Gasteiger partial charge on any atom is -0.454 e. The molecule has 1 aromatic heterocycles. The lowest BCUT2D eigenvalue weighted by molar-refractivity contribution is 0.541. The van der Waals surface area contributed by atoms with E-state index in [0.717, 1.165) is 27.6 Å². The first-order valence-corrected chi connectivity index (χ1v) is 17.4. The summed E-state index contributed by atoms with van der Waals surface area (Å²) in [7, 11) is 0. The monoisotopic (exact) mass is 641 g/mol. The molecule has 0 saturated carbocycles.